The highest BCUT2D eigenvalue weighted by Crippen LogP contribution is 2.38. The minimum atomic E-state index is -3.40. The Morgan fingerprint density at radius 3 is 1.85 bits per heavy atom. The highest BCUT2D eigenvalue weighted by molar-refractivity contribution is 7.92. The number of hydrogen-bond acceptors (Lipinski definition) is 7. The molecular weight excluding hydrogens is 450 g/mol. The lowest BCUT2D eigenvalue weighted by molar-refractivity contribution is 0.417. The third-order valence-corrected chi connectivity index (χ3v) is 6.15. The predicted molar refractivity (Wildman–Crippen MR) is 143 cm³/mol. The zero-order valence-corrected chi connectivity index (χ0v) is 21.0. The molecule has 9 heteroatoms. The van der Waals surface area contributed by atoms with Gasteiger partial charge in [0.15, 0.2) is 0 Å². The number of sulfonamides is 1. The molecule has 0 fully saturated rings. The van der Waals surface area contributed by atoms with E-state index in [0.717, 1.165) is 45.1 Å². The SMILES string of the molecule is COc1cc(NS(C)(=O)=O)ccc1Nc1c2ccc(N(C)C)cc2nc2cc(N(C)C)ccc12. The maximum absolute atomic E-state index is 11.6. The number of anilines is 5. The van der Waals surface area contributed by atoms with Gasteiger partial charge in [-0.2, -0.15) is 0 Å². The van der Waals surface area contributed by atoms with Crippen molar-refractivity contribution in [2.75, 3.05) is 61.4 Å². The maximum Gasteiger partial charge on any atom is 0.229 e. The summed E-state index contributed by atoms with van der Waals surface area (Å²) in [6.45, 7) is 0. The Labute approximate surface area is 200 Å². The lowest BCUT2D eigenvalue weighted by Gasteiger charge is -2.19. The number of aromatic nitrogens is 1. The minimum absolute atomic E-state index is 0.431. The van der Waals surface area contributed by atoms with Crippen molar-refractivity contribution in [3.05, 3.63) is 54.6 Å². The molecule has 4 aromatic rings. The second-order valence-corrected chi connectivity index (χ2v) is 10.3. The lowest BCUT2D eigenvalue weighted by Crippen LogP contribution is -2.10. The number of nitrogens with zero attached hydrogens (tertiary/aromatic N) is 3. The summed E-state index contributed by atoms with van der Waals surface area (Å²) in [5, 5.41) is 5.46. The van der Waals surface area contributed by atoms with Crippen LogP contribution in [-0.4, -0.2) is 55.0 Å². The van der Waals surface area contributed by atoms with Gasteiger partial charge in [0.25, 0.3) is 0 Å². The number of hydrogen-bond donors (Lipinski definition) is 2. The first-order valence-electron chi connectivity index (χ1n) is 10.7. The number of pyridine rings is 1. The van der Waals surface area contributed by atoms with E-state index in [1.54, 1.807) is 25.3 Å². The van der Waals surface area contributed by atoms with Gasteiger partial charge >= 0.3 is 0 Å². The normalized spacial score (nSPS) is 11.5. The average Bonchev–Trinajstić information content (AvgIpc) is 2.77. The molecule has 2 N–H and O–H groups in total. The van der Waals surface area contributed by atoms with Crippen molar-refractivity contribution in [1.82, 2.24) is 4.98 Å². The Bertz CT molecular complexity index is 1420. The van der Waals surface area contributed by atoms with Gasteiger partial charge in [0.05, 0.1) is 41.5 Å². The smallest absolute Gasteiger partial charge is 0.229 e. The van der Waals surface area contributed by atoms with Crippen molar-refractivity contribution < 1.29 is 13.2 Å². The quantitative estimate of drug-likeness (QED) is 0.373. The molecule has 0 saturated heterocycles. The van der Waals surface area contributed by atoms with Crippen LogP contribution in [0.3, 0.4) is 0 Å². The van der Waals surface area contributed by atoms with E-state index in [9.17, 15) is 8.42 Å². The molecule has 0 aliphatic heterocycles. The van der Waals surface area contributed by atoms with E-state index in [1.165, 1.54) is 0 Å². The highest BCUT2D eigenvalue weighted by atomic mass is 32.2. The summed E-state index contributed by atoms with van der Waals surface area (Å²) in [5.41, 5.74) is 5.89. The number of nitrogens with one attached hydrogen (secondary N) is 2. The molecule has 0 aliphatic carbocycles. The van der Waals surface area contributed by atoms with Gasteiger partial charge in [0, 0.05) is 56.4 Å². The Hall–Kier alpha value is -3.72. The molecule has 0 saturated carbocycles. The molecule has 0 unspecified atom stereocenters. The van der Waals surface area contributed by atoms with Gasteiger partial charge in [0.1, 0.15) is 5.75 Å². The van der Waals surface area contributed by atoms with Crippen LogP contribution in [0.2, 0.25) is 0 Å². The third-order valence-electron chi connectivity index (χ3n) is 5.54. The maximum atomic E-state index is 11.6. The Kier molecular flexibility index (Phi) is 6.14. The fourth-order valence-corrected chi connectivity index (χ4v) is 4.38. The number of rotatable bonds is 7. The molecule has 0 aliphatic rings. The fraction of sp³-hybridized carbons (Fsp3) is 0.240. The lowest BCUT2D eigenvalue weighted by atomic mass is 10.1. The first-order chi connectivity index (χ1) is 16.1. The monoisotopic (exact) mass is 479 g/mol. The molecule has 3 aromatic carbocycles. The van der Waals surface area contributed by atoms with Crippen LogP contribution in [0.5, 0.6) is 5.75 Å². The first-order valence-corrected chi connectivity index (χ1v) is 12.6. The van der Waals surface area contributed by atoms with Crippen LogP contribution >= 0.6 is 0 Å². The van der Waals surface area contributed by atoms with Crippen LogP contribution in [0, 0.1) is 0 Å². The molecule has 0 spiro atoms. The largest absolute Gasteiger partial charge is 0.494 e. The van der Waals surface area contributed by atoms with E-state index in [4.69, 9.17) is 9.72 Å². The highest BCUT2D eigenvalue weighted by Gasteiger charge is 2.15. The Morgan fingerprint density at radius 1 is 0.824 bits per heavy atom. The molecule has 0 amide bonds. The van der Waals surface area contributed by atoms with Gasteiger partial charge in [-0.15, -0.1) is 0 Å². The zero-order valence-electron chi connectivity index (χ0n) is 20.2. The molecule has 8 nitrogen and oxygen atoms in total. The topological polar surface area (TPSA) is 86.8 Å². The van der Waals surface area contributed by atoms with Crippen molar-refractivity contribution >= 4 is 60.3 Å². The molecule has 1 aromatic heterocycles. The van der Waals surface area contributed by atoms with Gasteiger partial charge in [0.2, 0.25) is 10.0 Å². The molecule has 4 rings (SSSR count). The van der Waals surface area contributed by atoms with E-state index in [2.05, 4.69) is 46.4 Å². The van der Waals surface area contributed by atoms with Gasteiger partial charge < -0.3 is 19.9 Å². The van der Waals surface area contributed by atoms with Crippen LogP contribution in [0.1, 0.15) is 0 Å². The van der Waals surface area contributed by atoms with Crippen molar-refractivity contribution in [2.45, 2.75) is 0 Å². The van der Waals surface area contributed by atoms with Crippen molar-refractivity contribution in [2.24, 2.45) is 0 Å². The number of benzene rings is 3. The molecular formula is C25H29N5O3S. The second-order valence-electron chi connectivity index (χ2n) is 8.59. The molecule has 0 atom stereocenters. The van der Waals surface area contributed by atoms with E-state index in [1.807, 2.05) is 38.0 Å². The van der Waals surface area contributed by atoms with Crippen molar-refractivity contribution in [3.8, 4) is 5.75 Å². The fourth-order valence-electron chi connectivity index (χ4n) is 3.82. The van der Waals surface area contributed by atoms with Crippen LogP contribution in [-0.2, 0) is 10.0 Å². The van der Waals surface area contributed by atoms with Crippen LogP contribution in [0.25, 0.3) is 21.8 Å². The van der Waals surface area contributed by atoms with Crippen LogP contribution < -0.4 is 24.6 Å². The van der Waals surface area contributed by atoms with E-state index >= 15 is 0 Å². The van der Waals surface area contributed by atoms with Gasteiger partial charge in [-0.3, -0.25) is 4.72 Å². The summed E-state index contributed by atoms with van der Waals surface area (Å²) in [6, 6.07) is 17.5. The molecule has 178 valence electrons. The standard InChI is InChI=1S/C25H29N5O3S/c1-29(2)17-8-10-19-22(14-17)26-23-15-18(30(3)4)9-11-20(23)25(19)27-21-12-7-16(13-24(21)33-5)28-34(6,31)32/h7-15,28H,1-6H3,(H,26,27). The second kappa shape index (κ2) is 8.90. The Balaban J connectivity index is 1.91. The molecule has 0 radical (unpaired) electrons. The Morgan fingerprint density at radius 2 is 1.38 bits per heavy atom. The summed E-state index contributed by atoms with van der Waals surface area (Å²) in [6.07, 6.45) is 1.12. The minimum Gasteiger partial charge on any atom is -0.494 e. The predicted octanol–water partition coefficient (Wildman–Crippen LogP) is 4.64. The number of ether oxygens (including phenoxy) is 1. The van der Waals surface area contributed by atoms with E-state index in [-0.39, 0.29) is 0 Å². The number of methoxy groups -OCH3 is 1. The molecule has 34 heavy (non-hydrogen) atoms. The van der Waals surface area contributed by atoms with Crippen LogP contribution in [0.4, 0.5) is 28.4 Å². The van der Waals surface area contributed by atoms with Gasteiger partial charge in [-0.05, 0) is 48.5 Å². The van der Waals surface area contributed by atoms with Gasteiger partial charge in [-0.1, -0.05) is 0 Å². The molecule has 0 bridgehead atoms. The first kappa shape index (κ1) is 23.4. The van der Waals surface area contributed by atoms with E-state index in [0.29, 0.717) is 17.1 Å². The van der Waals surface area contributed by atoms with Crippen LogP contribution in [0.15, 0.2) is 54.6 Å². The van der Waals surface area contributed by atoms with Crippen molar-refractivity contribution in [3.63, 3.8) is 0 Å². The third kappa shape index (κ3) is 4.79. The van der Waals surface area contributed by atoms with Crippen molar-refractivity contribution in [1.29, 1.82) is 0 Å². The summed E-state index contributed by atoms with van der Waals surface area (Å²) in [5.74, 6) is 0.515. The van der Waals surface area contributed by atoms with Gasteiger partial charge in [-0.25, -0.2) is 13.4 Å². The number of fused-ring (bicyclic) bond motifs is 2. The summed E-state index contributed by atoms with van der Waals surface area (Å²) in [7, 11) is 6.17. The van der Waals surface area contributed by atoms with E-state index < -0.39 is 10.0 Å². The summed E-state index contributed by atoms with van der Waals surface area (Å²) < 4.78 is 31.3. The average molecular weight is 480 g/mol. The summed E-state index contributed by atoms with van der Waals surface area (Å²) >= 11 is 0. The summed E-state index contributed by atoms with van der Waals surface area (Å²) in [4.78, 5) is 9.06. The molecule has 1 heterocycles. The zero-order chi connectivity index (χ0) is 24.6.